The Bertz CT molecular complexity index is 2190. The van der Waals surface area contributed by atoms with Crippen molar-refractivity contribution in [3.8, 4) is 16.8 Å². The van der Waals surface area contributed by atoms with Crippen LogP contribution in [0.15, 0.2) is 122 Å². The minimum absolute atomic E-state index is 0.126. The molecule has 0 aliphatic carbocycles. The molecule has 4 aromatic carbocycles. The van der Waals surface area contributed by atoms with Crippen molar-refractivity contribution >= 4 is 51.0 Å². The van der Waals surface area contributed by atoms with E-state index in [0.29, 0.717) is 48.0 Å². The second-order valence-corrected chi connectivity index (χ2v) is 13.2. The van der Waals surface area contributed by atoms with E-state index in [1.165, 1.54) is 26.5 Å². The van der Waals surface area contributed by atoms with Crippen LogP contribution in [-0.2, 0) is 6.18 Å². The summed E-state index contributed by atoms with van der Waals surface area (Å²) in [6.07, 6.45) is -2.93. The van der Waals surface area contributed by atoms with Crippen molar-refractivity contribution in [3.05, 3.63) is 113 Å². The molecule has 0 atom stereocenters. The summed E-state index contributed by atoms with van der Waals surface area (Å²) in [5.41, 5.74) is 2.28. The normalized spacial score (nSPS) is 14.9. The maximum Gasteiger partial charge on any atom is 0.418 e. The van der Waals surface area contributed by atoms with Gasteiger partial charge in [0.05, 0.1) is 22.3 Å². The van der Waals surface area contributed by atoms with E-state index in [0.717, 1.165) is 27.0 Å². The Labute approximate surface area is 265 Å². The Morgan fingerprint density at radius 3 is 2.38 bits per heavy atom. The van der Waals surface area contributed by atoms with Gasteiger partial charge in [0.25, 0.3) is 5.56 Å². The van der Waals surface area contributed by atoms with Crippen LogP contribution in [-0.4, -0.2) is 35.7 Å². The van der Waals surface area contributed by atoms with Crippen molar-refractivity contribution in [2.45, 2.75) is 25.8 Å². The molecule has 224 valence electrons. The van der Waals surface area contributed by atoms with Crippen LogP contribution in [0.5, 0.6) is 0 Å². The lowest BCUT2D eigenvalue weighted by Gasteiger charge is -2.32. The second-order valence-electron chi connectivity index (χ2n) is 11.0. The van der Waals surface area contributed by atoms with E-state index in [-0.39, 0.29) is 11.4 Å². The first-order chi connectivity index (χ1) is 21.8. The number of rotatable bonds is 3. The number of hydrogen-bond donors (Lipinski definition) is 1. The first kappa shape index (κ1) is 28.2. The van der Waals surface area contributed by atoms with Crippen molar-refractivity contribution in [1.82, 2.24) is 14.9 Å². The fourth-order valence-corrected chi connectivity index (χ4v) is 8.58. The predicted molar refractivity (Wildman–Crippen MR) is 175 cm³/mol. The van der Waals surface area contributed by atoms with Crippen molar-refractivity contribution in [2.75, 3.05) is 31.1 Å². The number of aromatic nitrogens is 2. The Balaban J connectivity index is 1.32. The maximum atomic E-state index is 14.5. The molecule has 10 heteroatoms. The fraction of sp³-hybridized carbons (Fsp3) is 0.143. The first-order valence-electron chi connectivity index (χ1n) is 14.6. The van der Waals surface area contributed by atoms with Crippen molar-refractivity contribution in [2.24, 2.45) is 0 Å². The molecule has 1 fully saturated rings. The molecule has 6 aromatic rings. The van der Waals surface area contributed by atoms with Crippen LogP contribution in [0.4, 0.5) is 18.9 Å². The quantitative estimate of drug-likeness (QED) is 0.197. The van der Waals surface area contributed by atoms with Crippen molar-refractivity contribution in [1.29, 1.82) is 0 Å². The van der Waals surface area contributed by atoms with Crippen LogP contribution in [0.1, 0.15) is 5.56 Å². The average Bonchev–Trinajstić information content (AvgIpc) is 3.06. The van der Waals surface area contributed by atoms with Gasteiger partial charge in [-0.2, -0.15) is 13.2 Å². The number of pyridine rings is 2. The molecule has 4 heterocycles. The molecule has 45 heavy (non-hydrogen) atoms. The summed E-state index contributed by atoms with van der Waals surface area (Å²) in [7, 11) is 0. The van der Waals surface area contributed by atoms with Gasteiger partial charge in [0.2, 0.25) is 0 Å². The summed E-state index contributed by atoms with van der Waals surface area (Å²) in [5, 5.41) is 4.53. The van der Waals surface area contributed by atoms with Crippen LogP contribution in [0.25, 0.3) is 38.6 Å². The number of nitrogens with zero attached hydrogens (tertiary/aromatic N) is 3. The molecule has 1 saturated heterocycles. The first-order valence-corrected chi connectivity index (χ1v) is 16.2. The molecule has 0 unspecified atom stereocenters. The molecule has 0 radical (unpaired) electrons. The lowest BCUT2D eigenvalue weighted by atomic mass is 10.0. The minimum atomic E-state index is -4.60. The number of fused-ring (bicyclic) bond motifs is 5. The van der Waals surface area contributed by atoms with Gasteiger partial charge in [0, 0.05) is 74.5 Å². The van der Waals surface area contributed by atoms with Gasteiger partial charge in [-0.05, 0) is 65.7 Å². The minimum Gasteiger partial charge on any atom is -0.368 e. The van der Waals surface area contributed by atoms with E-state index in [9.17, 15) is 18.0 Å². The zero-order valence-corrected chi connectivity index (χ0v) is 25.4. The van der Waals surface area contributed by atoms with Crippen LogP contribution in [0.3, 0.4) is 0 Å². The fourth-order valence-electron chi connectivity index (χ4n) is 6.18. The molecular formula is C35H25F3N4OS2. The Kier molecular flexibility index (Phi) is 6.89. The Hall–Kier alpha value is -4.25. The number of anilines is 1. The number of hydrogen-bond acceptors (Lipinski definition) is 6. The lowest BCUT2D eigenvalue weighted by molar-refractivity contribution is -0.137. The van der Waals surface area contributed by atoms with Crippen LogP contribution in [0, 0.1) is 0 Å². The molecule has 0 bridgehead atoms. The Morgan fingerprint density at radius 2 is 1.58 bits per heavy atom. The lowest BCUT2D eigenvalue weighted by Crippen LogP contribution is -2.44. The SMILES string of the molecule is O=c1ccc2cnc3ccc(-c4cccc5c4Sc4ccccc4S5)cc3c2n1-c1ccc(N2CCNCC2)c(C(F)(F)F)c1. The van der Waals surface area contributed by atoms with E-state index in [4.69, 9.17) is 0 Å². The smallest absolute Gasteiger partial charge is 0.368 e. The summed E-state index contributed by atoms with van der Waals surface area (Å²) in [6.45, 7) is 2.16. The van der Waals surface area contributed by atoms with Gasteiger partial charge >= 0.3 is 6.18 Å². The molecule has 5 nitrogen and oxygen atoms in total. The summed E-state index contributed by atoms with van der Waals surface area (Å²) >= 11 is 3.46. The summed E-state index contributed by atoms with van der Waals surface area (Å²) in [5.74, 6) is 0. The van der Waals surface area contributed by atoms with Crippen molar-refractivity contribution < 1.29 is 13.2 Å². The van der Waals surface area contributed by atoms with E-state index < -0.39 is 17.3 Å². The summed E-state index contributed by atoms with van der Waals surface area (Å²) in [6, 6.07) is 27.7. The van der Waals surface area contributed by atoms with Gasteiger partial charge in [0.1, 0.15) is 0 Å². The number of nitrogens with one attached hydrogen (secondary N) is 1. The third kappa shape index (κ3) is 4.97. The van der Waals surface area contributed by atoms with Gasteiger partial charge < -0.3 is 10.2 Å². The highest BCUT2D eigenvalue weighted by molar-refractivity contribution is 8.05. The molecule has 2 aromatic heterocycles. The monoisotopic (exact) mass is 638 g/mol. The second kappa shape index (κ2) is 11.0. The van der Waals surface area contributed by atoms with Gasteiger partial charge in [-0.25, -0.2) is 0 Å². The highest BCUT2D eigenvalue weighted by Gasteiger charge is 2.36. The van der Waals surface area contributed by atoms with Gasteiger partial charge in [-0.15, -0.1) is 0 Å². The average molecular weight is 639 g/mol. The zero-order chi connectivity index (χ0) is 30.7. The third-order valence-corrected chi connectivity index (χ3v) is 10.9. The zero-order valence-electron chi connectivity index (χ0n) is 23.8. The largest absolute Gasteiger partial charge is 0.418 e. The topological polar surface area (TPSA) is 50.2 Å². The summed E-state index contributed by atoms with van der Waals surface area (Å²) < 4.78 is 44.9. The number of halogens is 3. The number of alkyl halides is 3. The van der Waals surface area contributed by atoms with Gasteiger partial charge in [-0.1, -0.05) is 53.9 Å². The van der Waals surface area contributed by atoms with E-state index >= 15 is 0 Å². The Morgan fingerprint density at radius 1 is 0.800 bits per heavy atom. The van der Waals surface area contributed by atoms with E-state index in [1.807, 2.05) is 36.4 Å². The summed E-state index contributed by atoms with van der Waals surface area (Å²) in [4.78, 5) is 24.6. The van der Waals surface area contributed by atoms with E-state index in [2.05, 4.69) is 34.6 Å². The van der Waals surface area contributed by atoms with E-state index in [1.54, 1.807) is 46.8 Å². The molecule has 0 saturated carbocycles. The molecule has 0 amide bonds. The van der Waals surface area contributed by atoms with Crippen LogP contribution >= 0.6 is 23.5 Å². The van der Waals surface area contributed by atoms with Gasteiger partial charge in [0.15, 0.2) is 0 Å². The van der Waals surface area contributed by atoms with Gasteiger partial charge in [-0.3, -0.25) is 14.3 Å². The third-order valence-electron chi connectivity index (χ3n) is 8.29. The highest BCUT2D eigenvalue weighted by Crippen LogP contribution is 2.51. The molecule has 8 rings (SSSR count). The highest BCUT2D eigenvalue weighted by atomic mass is 32.2. The maximum absolute atomic E-state index is 14.5. The number of benzene rings is 4. The van der Waals surface area contributed by atoms with Crippen molar-refractivity contribution in [3.63, 3.8) is 0 Å². The molecular weight excluding hydrogens is 614 g/mol. The number of piperazine rings is 1. The molecule has 0 spiro atoms. The molecule has 1 N–H and O–H groups in total. The standard InChI is InChI=1S/C35H25F3N4OS2/c36-35(37,38)26-19-23(10-12-28(26)41-16-14-39-15-17-41)42-32(43)13-9-22-20-40-27-11-8-21(18-25(27)33(22)42)24-4-3-7-31-34(24)45-30-6-2-1-5-29(30)44-31/h1-13,18-20,39H,14-17H2. The molecule has 2 aliphatic heterocycles. The molecule has 2 aliphatic rings. The predicted octanol–water partition coefficient (Wildman–Crippen LogP) is 8.25. The van der Waals surface area contributed by atoms with Crippen LogP contribution < -0.4 is 15.8 Å². The van der Waals surface area contributed by atoms with Crippen LogP contribution in [0.2, 0.25) is 0 Å².